The molecular weight excluding hydrogens is 254 g/mol. The van der Waals surface area contributed by atoms with Crippen molar-refractivity contribution in [3.63, 3.8) is 0 Å². The highest BCUT2D eigenvalue weighted by Gasteiger charge is 2.25. The second kappa shape index (κ2) is 5.49. The topological polar surface area (TPSA) is 48.3 Å². The summed E-state index contributed by atoms with van der Waals surface area (Å²) in [4.78, 5) is 23.6. The summed E-state index contributed by atoms with van der Waals surface area (Å²) >= 11 is 0. The van der Waals surface area contributed by atoms with Gasteiger partial charge in [-0.05, 0) is 36.8 Å². The molecule has 0 unspecified atom stereocenters. The molecule has 1 aliphatic carbocycles. The van der Waals surface area contributed by atoms with Crippen molar-refractivity contribution < 1.29 is 14.3 Å². The van der Waals surface area contributed by atoms with Gasteiger partial charge < -0.3 is 9.30 Å². The third-order valence-corrected chi connectivity index (χ3v) is 3.75. The normalized spacial score (nSPS) is 19.2. The molecule has 0 aliphatic heterocycles. The summed E-state index contributed by atoms with van der Waals surface area (Å²) in [6.07, 6.45) is 4.40. The molecule has 4 heteroatoms. The molecule has 0 spiro atoms. The van der Waals surface area contributed by atoms with Crippen molar-refractivity contribution in [1.82, 2.24) is 4.57 Å². The Bertz CT molecular complexity index is 644. The maximum Gasteiger partial charge on any atom is 0.326 e. The van der Waals surface area contributed by atoms with Crippen LogP contribution in [0.5, 0.6) is 0 Å². The Kier molecular flexibility index (Phi) is 3.54. The van der Waals surface area contributed by atoms with Gasteiger partial charge in [-0.3, -0.25) is 9.59 Å². The average Bonchev–Trinajstić information content (AvgIpc) is 2.85. The highest BCUT2D eigenvalue weighted by atomic mass is 16.5. The molecular formula is C16H17NO3. The molecule has 0 N–H and O–H groups in total. The van der Waals surface area contributed by atoms with Gasteiger partial charge in [-0.2, -0.15) is 0 Å². The minimum atomic E-state index is -0.530. The molecule has 104 valence electrons. The first-order valence-corrected chi connectivity index (χ1v) is 7.00. The molecule has 0 bridgehead atoms. The van der Waals surface area contributed by atoms with Crippen LogP contribution >= 0.6 is 0 Å². The Hall–Kier alpha value is -2.10. The molecule has 3 rings (SSSR count). The predicted molar refractivity (Wildman–Crippen MR) is 75.3 cm³/mol. The van der Waals surface area contributed by atoms with Crippen molar-refractivity contribution in [1.29, 1.82) is 0 Å². The predicted octanol–water partition coefficient (Wildman–Crippen LogP) is 2.70. The summed E-state index contributed by atoms with van der Waals surface area (Å²) in [5.74, 6) is -0.284. The summed E-state index contributed by atoms with van der Waals surface area (Å²) in [6, 6.07) is 9.84. The molecule has 1 saturated carbocycles. The lowest BCUT2D eigenvalue weighted by molar-refractivity contribution is -0.157. The highest BCUT2D eigenvalue weighted by molar-refractivity contribution is 5.86. The van der Waals surface area contributed by atoms with E-state index in [4.69, 9.17) is 4.74 Å². The van der Waals surface area contributed by atoms with Crippen LogP contribution in [0, 0.1) is 0 Å². The zero-order chi connectivity index (χ0) is 13.9. The van der Waals surface area contributed by atoms with Crippen LogP contribution in [0.3, 0.4) is 0 Å². The van der Waals surface area contributed by atoms with E-state index in [0.717, 1.165) is 23.7 Å². The largest absolute Gasteiger partial charge is 0.453 e. The highest BCUT2D eigenvalue weighted by Crippen LogP contribution is 2.19. The second-order valence-corrected chi connectivity index (χ2v) is 5.19. The monoisotopic (exact) mass is 271 g/mol. The first kappa shape index (κ1) is 12.9. The van der Waals surface area contributed by atoms with Gasteiger partial charge in [-0.15, -0.1) is 0 Å². The quantitative estimate of drug-likeness (QED) is 0.806. The SMILES string of the molecule is O=C(Cn1ccc2ccccc21)O[C@@H]1CCCCC1=O. The van der Waals surface area contributed by atoms with Crippen molar-refractivity contribution >= 4 is 22.7 Å². The molecule has 4 nitrogen and oxygen atoms in total. The van der Waals surface area contributed by atoms with E-state index < -0.39 is 6.10 Å². The van der Waals surface area contributed by atoms with Crippen LogP contribution in [-0.2, 0) is 20.9 Å². The summed E-state index contributed by atoms with van der Waals surface area (Å²) in [6.45, 7) is 0.150. The van der Waals surface area contributed by atoms with E-state index >= 15 is 0 Å². The number of hydrogen-bond donors (Lipinski definition) is 0. The number of rotatable bonds is 3. The Morgan fingerprint density at radius 1 is 1.25 bits per heavy atom. The van der Waals surface area contributed by atoms with Crippen LogP contribution in [0.2, 0.25) is 0 Å². The summed E-state index contributed by atoms with van der Waals surface area (Å²) < 4.78 is 7.17. The third kappa shape index (κ3) is 2.59. The van der Waals surface area contributed by atoms with E-state index in [-0.39, 0.29) is 18.3 Å². The van der Waals surface area contributed by atoms with Crippen molar-refractivity contribution in [2.45, 2.75) is 38.3 Å². The first-order valence-electron chi connectivity index (χ1n) is 7.00. The summed E-state index contributed by atoms with van der Waals surface area (Å²) in [5.41, 5.74) is 0.999. The number of esters is 1. The number of ether oxygens (including phenoxy) is 1. The van der Waals surface area contributed by atoms with Gasteiger partial charge in [0.15, 0.2) is 11.9 Å². The van der Waals surface area contributed by atoms with Crippen LogP contribution < -0.4 is 0 Å². The van der Waals surface area contributed by atoms with Gasteiger partial charge in [0.25, 0.3) is 0 Å². The van der Waals surface area contributed by atoms with Gasteiger partial charge in [-0.25, -0.2) is 0 Å². The van der Waals surface area contributed by atoms with Gasteiger partial charge in [-0.1, -0.05) is 18.2 Å². The van der Waals surface area contributed by atoms with Gasteiger partial charge in [0.1, 0.15) is 6.54 Å². The van der Waals surface area contributed by atoms with Crippen LogP contribution in [0.15, 0.2) is 36.5 Å². The molecule has 1 aromatic heterocycles. The number of para-hydroxylation sites is 1. The molecule has 1 atom stereocenters. The minimum Gasteiger partial charge on any atom is -0.453 e. The molecule has 20 heavy (non-hydrogen) atoms. The van der Waals surface area contributed by atoms with Gasteiger partial charge in [0.05, 0.1) is 0 Å². The van der Waals surface area contributed by atoms with Crippen molar-refractivity contribution in [3.05, 3.63) is 36.5 Å². The number of benzene rings is 1. The third-order valence-electron chi connectivity index (χ3n) is 3.75. The smallest absolute Gasteiger partial charge is 0.326 e. The number of aromatic nitrogens is 1. The van der Waals surface area contributed by atoms with Crippen molar-refractivity contribution in [2.75, 3.05) is 0 Å². The standard InChI is InChI=1S/C16H17NO3/c18-14-7-3-4-8-15(14)20-16(19)11-17-10-9-12-5-1-2-6-13(12)17/h1-2,5-6,9-10,15H,3-4,7-8,11H2/t15-/m1/s1. The lowest BCUT2D eigenvalue weighted by atomic mass is 9.96. The molecule has 1 heterocycles. The Balaban J connectivity index is 1.68. The Labute approximate surface area is 117 Å². The summed E-state index contributed by atoms with van der Waals surface area (Å²) in [7, 11) is 0. The molecule has 1 aliphatic rings. The van der Waals surface area contributed by atoms with Gasteiger partial charge in [0.2, 0.25) is 0 Å². The maximum atomic E-state index is 12.0. The molecule has 0 radical (unpaired) electrons. The molecule has 1 aromatic carbocycles. The number of nitrogens with zero attached hydrogens (tertiary/aromatic N) is 1. The minimum absolute atomic E-state index is 0.0574. The number of Topliss-reactive ketones (excluding diaryl/α,β-unsaturated/α-hetero) is 1. The van der Waals surface area contributed by atoms with E-state index in [2.05, 4.69) is 0 Å². The second-order valence-electron chi connectivity index (χ2n) is 5.19. The first-order chi connectivity index (χ1) is 9.74. The number of fused-ring (bicyclic) bond motifs is 1. The molecule has 0 saturated heterocycles. The fourth-order valence-electron chi connectivity index (χ4n) is 2.69. The number of carbonyl (C=O) groups is 2. The fraction of sp³-hybridized carbons (Fsp3) is 0.375. The number of ketones is 1. The molecule has 1 fully saturated rings. The maximum absolute atomic E-state index is 12.0. The van der Waals surface area contributed by atoms with Crippen molar-refractivity contribution in [3.8, 4) is 0 Å². The average molecular weight is 271 g/mol. The lowest BCUT2D eigenvalue weighted by Gasteiger charge is -2.20. The number of hydrogen-bond acceptors (Lipinski definition) is 3. The van der Waals surface area contributed by atoms with Crippen molar-refractivity contribution in [2.24, 2.45) is 0 Å². The van der Waals surface area contributed by atoms with Gasteiger partial charge >= 0.3 is 5.97 Å². The molecule has 2 aromatic rings. The lowest BCUT2D eigenvalue weighted by Crippen LogP contribution is -2.31. The van der Waals surface area contributed by atoms with Gasteiger partial charge in [0, 0.05) is 18.1 Å². The number of carbonyl (C=O) groups excluding carboxylic acids is 2. The Morgan fingerprint density at radius 3 is 2.95 bits per heavy atom. The van der Waals surface area contributed by atoms with Crippen LogP contribution in [0.4, 0.5) is 0 Å². The van der Waals surface area contributed by atoms with Crippen LogP contribution in [0.25, 0.3) is 10.9 Å². The van der Waals surface area contributed by atoms with Crippen LogP contribution in [0.1, 0.15) is 25.7 Å². The Morgan fingerprint density at radius 2 is 2.10 bits per heavy atom. The van der Waals surface area contributed by atoms with E-state index in [1.165, 1.54) is 0 Å². The van der Waals surface area contributed by atoms with E-state index in [1.54, 1.807) is 0 Å². The van der Waals surface area contributed by atoms with E-state index in [1.807, 2.05) is 41.1 Å². The fourth-order valence-corrected chi connectivity index (χ4v) is 2.69. The summed E-state index contributed by atoms with van der Waals surface area (Å²) in [5, 5.41) is 1.09. The van der Waals surface area contributed by atoms with Crippen LogP contribution in [-0.4, -0.2) is 22.4 Å². The molecule has 0 amide bonds. The zero-order valence-electron chi connectivity index (χ0n) is 11.2. The zero-order valence-corrected chi connectivity index (χ0v) is 11.2. The van der Waals surface area contributed by atoms with E-state index in [9.17, 15) is 9.59 Å². The van der Waals surface area contributed by atoms with E-state index in [0.29, 0.717) is 12.8 Å².